The molecule has 0 radical (unpaired) electrons. The summed E-state index contributed by atoms with van der Waals surface area (Å²) < 4.78 is 5.20. The molecule has 1 fully saturated rings. The van der Waals surface area contributed by atoms with E-state index >= 15 is 0 Å². The van der Waals surface area contributed by atoms with E-state index < -0.39 is 11.5 Å². The van der Waals surface area contributed by atoms with Gasteiger partial charge in [0, 0.05) is 0 Å². The molecule has 0 saturated heterocycles. The quantitative estimate of drug-likeness (QED) is 0.849. The van der Waals surface area contributed by atoms with Crippen molar-refractivity contribution in [3.05, 3.63) is 24.3 Å². The summed E-state index contributed by atoms with van der Waals surface area (Å²) in [6.07, 6.45) is 3.03. The van der Waals surface area contributed by atoms with E-state index in [4.69, 9.17) is 4.74 Å². The van der Waals surface area contributed by atoms with Gasteiger partial charge in [0.15, 0.2) is 0 Å². The standard InChI is InChI=1S/C13H17NO3/c1-17-11-7-3-2-6-10(11)14-13(12(15)16)8-4-5-9-13/h2-3,6-7,14H,4-5,8-9H2,1H3,(H,15,16)/p-1. The van der Waals surface area contributed by atoms with Crippen molar-refractivity contribution < 1.29 is 14.6 Å². The van der Waals surface area contributed by atoms with Crippen molar-refractivity contribution in [2.24, 2.45) is 0 Å². The molecule has 1 aliphatic carbocycles. The molecule has 92 valence electrons. The number of benzene rings is 1. The maximum Gasteiger partial charge on any atom is 0.141 e. The first kappa shape index (κ1) is 11.8. The fourth-order valence-electron chi connectivity index (χ4n) is 2.36. The van der Waals surface area contributed by atoms with Crippen LogP contribution in [0, 0.1) is 0 Å². The highest BCUT2D eigenvalue weighted by Crippen LogP contribution is 2.35. The number of carbonyl (C=O) groups is 1. The van der Waals surface area contributed by atoms with Gasteiger partial charge in [-0.3, -0.25) is 0 Å². The number of carboxylic acid groups (broad SMARTS) is 1. The summed E-state index contributed by atoms with van der Waals surface area (Å²) in [6, 6.07) is 7.33. The number of rotatable bonds is 4. The monoisotopic (exact) mass is 234 g/mol. The molecule has 0 atom stereocenters. The lowest BCUT2D eigenvalue weighted by Gasteiger charge is -2.33. The van der Waals surface area contributed by atoms with Crippen LogP contribution in [0.15, 0.2) is 24.3 Å². The largest absolute Gasteiger partial charge is 0.548 e. The average Bonchev–Trinajstić information content (AvgIpc) is 2.80. The van der Waals surface area contributed by atoms with Gasteiger partial charge in [-0.05, 0) is 25.0 Å². The van der Waals surface area contributed by atoms with Crippen LogP contribution in [0.3, 0.4) is 0 Å². The maximum absolute atomic E-state index is 11.3. The molecule has 0 aliphatic heterocycles. The highest BCUT2D eigenvalue weighted by Gasteiger charge is 2.35. The first-order valence-electron chi connectivity index (χ1n) is 5.81. The molecular weight excluding hydrogens is 218 g/mol. The van der Waals surface area contributed by atoms with Crippen LogP contribution < -0.4 is 15.2 Å². The van der Waals surface area contributed by atoms with Gasteiger partial charge in [-0.1, -0.05) is 25.0 Å². The van der Waals surface area contributed by atoms with Gasteiger partial charge in [0.1, 0.15) is 5.75 Å². The van der Waals surface area contributed by atoms with Gasteiger partial charge in [-0.2, -0.15) is 0 Å². The molecule has 0 bridgehead atoms. The predicted octanol–water partition coefficient (Wildman–Crippen LogP) is 1.17. The number of nitrogens with one attached hydrogen (secondary N) is 1. The van der Waals surface area contributed by atoms with Crippen LogP contribution in [0.5, 0.6) is 5.75 Å². The van der Waals surface area contributed by atoms with E-state index in [2.05, 4.69) is 5.32 Å². The molecule has 0 spiro atoms. The molecule has 0 aromatic heterocycles. The Morgan fingerprint density at radius 2 is 2.00 bits per heavy atom. The van der Waals surface area contributed by atoms with Gasteiger partial charge < -0.3 is 20.0 Å². The van der Waals surface area contributed by atoms with Crippen molar-refractivity contribution in [2.45, 2.75) is 31.2 Å². The summed E-state index contributed by atoms with van der Waals surface area (Å²) in [5.74, 6) is -0.374. The van der Waals surface area contributed by atoms with E-state index in [9.17, 15) is 9.90 Å². The Balaban J connectivity index is 2.26. The highest BCUT2D eigenvalue weighted by atomic mass is 16.5. The first-order valence-corrected chi connectivity index (χ1v) is 5.81. The Hall–Kier alpha value is -1.71. The Morgan fingerprint density at radius 1 is 1.35 bits per heavy atom. The van der Waals surface area contributed by atoms with Crippen molar-refractivity contribution in [2.75, 3.05) is 12.4 Å². The summed E-state index contributed by atoms with van der Waals surface area (Å²) in [4.78, 5) is 11.3. The third-order valence-electron chi connectivity index (χ3n) is 3.33. The van der Waals surface area contributed by atoms with Crippen LogP contribution in [-0.4, -0.2) is 18.6 Å². The molecular formula is C13H16NO3-. The van der Waals surface area contributed by atoms with Crippen molar-refractivity contribution >= 4 is 11.7 Å². The fourth-order valence-corrected chi connectivity index (χ4v) is 2.36. The van der Waals surface area contributed by atoms with Crippen molar-refractivity contribution in [1.82, 2.24) is 0 Å². The number of carboxylic acids is 1. The van der Waals surface area contributed by atoms with Gasteiger partial charge in [0.25, 0.3) is 0 Å². The minimum atomic E-state index is -1.03. The van der Waals surface area contributed by atoms with Gasteiger partial charge in [-0.15, -0.1) is 0 Å². The van der Waals surface area contributed by atoms with Crippen LogP contribution in [-0.2, 0) is 4.79 Å². The Labute approximate surface area is 101 Å². The number of para-hydroxylation sites is 2. The second-order valence-corrected chi connectivity index (χ2v) is 4.40. The lowest BCUT2D eigenvalue weighted by molar-refractivity contribution is -0.311. The van der Waals surface area contributed by atoms with Crippen LogP contribution in [0.25, 0.3) is 0 Å². The number of anilines is 1. The third-order valence-corrected chi connectivity index (χ3v) is 3.33. The van der Waals surface area contributed by atoms with E-state index in [1.54, 1.807) is 13.2 Å². The van der Waals surface area contributed by atoms with Gasteiger partial charge in [-0.25, -0.2) is 0 Å². The number of hydrogen-bond acceptors (Lipinski definition) is 4. The van der Waals surface area contributed by atoms with E-state index in [0.717, 1.165) is 12.8 Å². The Kier molecular flexibility index (Phi) is 3.22. The van der Waals surface area contributed by atoms with Crippen LogP contribution in [0.1, 0.15) is 25.7 Å². The molecule has 0 amide bonds. The molecule has 4 heteroatoms. The molecule has 1 aromatic rings. The average molecular weight is 234 g/mol. The SMILES string of the molecule is COc1ccccc1NC1(C(=O)[O-])CCCC1. The molecule has 1 aromatic carbocycles. The zero-order valence-corrected chi connectivity index (χ0v) is 9.86. The fraction of sp³-hybridized carbons (Fsp3) is 0.462. The molecule has 1 saturated carbocycles. The topological polar surface area (TPSA) is 61.4 Å². The smallest absolute Gasteiger partial charge is 0.141 e. The normalized spacial score (nSPS) is 17.7. The predicted molar refractivity (Wildman–Crippen MR) is 62.8 cm³/mol. The first-order chi connectivity index (χ1) is 8.18. The van der Waals surface area contributed by atoms with Gasteiger partial charge >= 0.3 is 0 Å². The number of hydrogen-bond donors (Lipinski definition) is 1. The second kappa shape index (κ2) is 4.65. The zero-order chi connectivity index (χ0) is 12.3. The van der Waals surface area contributed by atoms with Crippen molar-refractivity contribution in [1.29, 1.82) is 0 Å². The van der Waals surface area contributed by atoms with E-state index in [-0.39, 0.29) is 0 Å². The molecule has 2 rings (SSSR count). The van der Waals surface area contributed by atoms with Gasteiger partial charge in [0.05, 0.1) is 24.3 Å². The van der Waals surface area contributed by atoms with Crippen molar-refractivity contribution in [3.63, 3.8) is 0 Å². The van der Waals surface area contributed by atoms with E-state index in [1.165, 1.54) is 0 Å². The molecule has 1 N–H and O–H groups in total. The number of ether oxygens (including phenoxy) is 1. The maximum atomic E-state index is 11.3. The molecule has 0 unspecified atom stereocenters. The Bertz CT molecular complexity index is 411. The molecule has 1 aliphatic rings. The molecule has 0 heterocycles. The number of methoxy groups -OCH3 is 1. The highest BCUT2D eigenvalue weighted by molar-refractivity contribution is 5.82. The molecule has 17 heavy (non-hydrogen) atoms. The Morgan fingerprint density at radius 3 is 2.59 bits per heavy atom. The minimum Gasteiger partial charge on any atom is -0.548 e. The minimum absolute atomic E-state index is 0.605. The lowest BCUT2D eigenvalue weighted by Crippen LogP contribution is -2.52. The number of aliphatic carboxylic acids is 1. The second-order valence-electron chi connectivity index (χ2n) is 4.40. The summed E-state index contributed by atoms with van der Waals surface area (Å²) >= 11 is 0. The molecule has 4 nitrogen and oxygen atoms in total. The van der Waals surface area contributed by atoms with E-state index in [1.807, 2.05) is 18.2 Å². The van der Waals surface area contributed by atoms with Crippen LogP contribution in [0.4, 0.5) is 5.69 Å². The summed E-state index contributed by atoms with van der Waals surface area (Å²) in [6.45, 7) is 0. The van der Waals surface area contributed by atoms with Crippen LogP contribution in [0.2, 0.25) is 0 Å². The number of carbonyl (C=O) groups excluding carboxylic acids is 1. The zero-order valence-electron chi connectivity index (χ0n) is 9.86. The lowest BCUT2D eigenvalue weighted by atomic mass is 9.97. The summed E-state index contributed by atoms with van der Waals surface area (Å²) in [7, 11) is 1.57. The third kappa shape index (κ3) is 2.20. The van der Waals surface area contributed by atoms with Crippen molar-refractivity contribution in [3.8, 4) is 5.75 Å². The van der Waals surface area contributed by atoms with Crippen LogP contribution >= 0.6 is 0 Å². The van der Waals surface area contributed by atoms with E-state index in [0.29, 0.717) is 24.3 Å². The summed E-state index contributed by atoms with van der Waals surface area (Å²) in [5.41, 5.74) is -0.227. The summed E-state index contributed by atoms with van der Waals surface area (Å²) in [5, 5.41) is 14.4. The van der Waals surface area contributed by atoms with Gasteiger partial charge in [0.2, 0.25) is 0 Å².